The number of nitrogens with one attached hydrogen (secondary N) is 3. The fourth-order valence-corrected chi connectivity index (χ4v) is 3.42. The molecule has 3 rings (SSSR count). The van der Waals surface area contributed by atoms with Crippen LogP contribution >= 0.6 is 12.2 Å². The fourth-order valence-electron chi connectivity index (χ4n) is 3.27. The number of hydrogen-bond acceptors (Lipinski definition) is 4. The Bertz CT molecular complexity index is 799. The van der Waals surface area contributed by atoms with Crippen LogP contribution in [0.3, 0.4) is 0 Å². The highest BCUT2D eigenvalue weighted by Crippen LogP contribution is 2.12. The molecule has 1 aromatic carbocycles. The second-order valence-electron chi connectivity index (χ2n) is 6.97. The zero-order chi connectivity index (χ0) is 19.8. The summed E-state index contributed by atoms with van der Waals surface area (Å²) >= 11 is 5.30. The second-order valence-corrected chi connectivity index (χ2v) is 7.37. The zero-order valence-corrected chi connectivity index (χ0v) is 17.4. The Morgan fingerprint density at radius 1 is 1.29 bits per heavy atom. The van der Waals surface area contributed by atoms with Gasteiger partial charge >= 0.3 is 0 Å². The Labute approximate surface area is 171 Å². The molecule has 2 heterocycles. The lowest BCUT2D eigenvalue weighted by atomic mass is 10.2. The number of aryl methyl sites for hydroxylation is 1. The predicted octanol–water partition coefficient (Wildman–Crippen LogP) is 0.261. The van der Waals surface area contributed by atoms with E-state index in [-0.39, 0.29) is 0 Å². The first-order valence-corrected chi connectivity index (χ1v) is 10.1. The van der Waals surface area contributed by atoms with E-state index in [1.165, 1.54) is 5.56 Å². The second kappa shape index (κ2) is 10.3. The average Bonchev–Trinajstić information content (AvgIpc) is 2.97. The summed E-state index contributed by atoms with van der Waals surface area (Å²) in [6.07, 6.45) is 1.79. The van der Waals surface area contributed by atoms with Gasteiger partial charge in [-0.15, -0.1) is 0 Å². The van der Waals surface area contributed by atoms with Crippen LogP contribution in [0.2, 0.25) is 0 Å². The normalized spacial score (nSPS) is 15.1. The summed E-state index contributed by atoms with van der Waals surface area (Å²) in [6, 6.07) is 10.3. The molecule has 0 aliphatic carbocycles. The largest absolute Gasteiger partial charge is 0.370 e. The smallest absolute Gasteiger partial charge is 0.187 e. The van der Waals surface area contributed by atoms with Crippen molar-refractivity contribution in [2.24, 2.45) is 5.10 Å². The fraction of sp³-hybridized carbons (Fsp3) is 0.450. The molecule has 0 radical (unpaired) electrons. The Hall–Kier alpha value is -2.29. The Morgan fingerprint density at radius 3 is 2.79 bits per heavy atom. The van der Waals surface area contributed by atoms with Crippen molar-refractivity contribution >= 4 is 23.5 Å². The van der Waals surface area contributed by atoms with Gasteiger partial charge in [-0.2, -0.15) is 10.2 Å². The zero-order valence-electron chi connectivity index (χ0n) is 16.6. The Balaban J connectivity index is 1.47. The molecule has 3 N–H and O–H groups in total. The number of morpholine rings is 1. The molecule has 8 heteroatoms. The predicted molar refractivity (Wildman–Crippen MR) is 115 cm³/mol. The third kappa shape index (κ3) is 5.85. The van der Waals surface area contributed by atoms with Crippen molar-refractivity contribution in [1.82, 2.24) is 20.5 Å². The van der Waals surface area contributed by atoms with E-state index in [0.717, 1.165) is 62.9 Å². The van der Waals surface area contributed by atoms with Gasteiger partial charge in [-0.1, -0.05) is 30.3 Å². The van der Waals surface area contributed by atoms with Crippen LogP contribution in [0.4, 0.5) is 0 Å². The minimum absolute atomic E-state index is 0.538. The van der Waals surface area contributed by atoms with Gasteiger partial charge < -0.3 is 15.0 Å². The molecule has 1 aliphatic heterocycles. The summed E-state index contributed by atoms with van der Waals surface area (Å²) < 4.78 is 7.38. The first-order valence-electron chi connectivity index (χ1n) is 9.69. The molecule has 0 unspecified atom stereocenters. The quantitative estimate of drug-likeness (QED) is 0.353. The summed E-state index contributed by atoms with van der Waals surface area (Å²) in [4.78, 5) is 1.54. The van der Waals surface area contributed by atoms with E-state index in [9.17, 15) is 0 Å². The van der Waals surface area contributed by atoms with E-state index in [4.69, 9.17) is 17.0 Å². The lowest BCUT2D eigenvalue weighted by molar-refractivity contribution is -0.906. The molecule has 1 aliphatic rings. The third-order valence-electron chi connectivity index (χ3n) is 4.94. The van der Waals surface area contributed by atoms with Crippen molar-refractivity contribution in [2.75, 3.05) is 39.4 Å². The van der Waals surface area contributed by atoms with Crippen molar-refractivity contribution in [2.45, 2.75) is 20.4 Å². The maximum absolute atomic E-state index is 5.37. The monoisotopic (exact) mass is 401 g/mol. The molecular weight excluding hydrogens is 372 g/mol. The van der Waals surface area contributed by atoms with Gasteiger partial charge in [0.25, 0.3) is 0 Å². The Morgan fingerprint density at radius 2 is 2.04 bits per heavy atom. The number of aromatic nitrogens is 2. The standard InChI is InChI=1S/C20H28N6OS/c1-16-19(17(2)26(24-16)15-18-6-4-3-5-7-18)14-22-23-20(28)21-8-9-25-10-12-27-13-11-25/h3-7,14H,8-13,15H2,1-2H3,(H2,21,23,28)/p+1/b22-14-. The maximum Gasteiger partial charge on any atom is 0.187 e. The molecular formula is C20H29N6OS+. The van der Waals surface area contributed by atoms with Gasteiger partial charge in [0.2, 0.25) is 0 Å². The highest BCUT2D eigenvalue weighted by atomic mass is 32.1. The number of hydrazone groups is 1. The minimum Gasteiger partial charge on any atom is -0.370 e. The van der Waals surface area contributed by atoms with Crippen molar-refractivity contribution in [3.8, 4) is 0 Å². The van der Waals surface area contributed by atoms with Crippen LogP contribution in [0.1, 0.15) is 22.5 Å². The number of benzene rings is 1. The number of rotatable bonds is 7. The van der Waals surface area contributed by atoms with E-state index in [1.807, 2.05) is 29.8 Å². The van der Waals surface area contributed by atoms with Gasteiger partial charge in [-0.25, -0.2) is 0 Å². The number of nitrogens with zero attached hydrogens (tertiary/aromatic N) is 3. The summed E-state index contributed by atoms with van der Waals surface area (Å²) in [5.41, 5.74) is 7.18. The van der Waals surface area contributed by atoms with Crippen molar-refractivity contribution in [3.05, 3.63) is 52.8 Å². The minimum atomic E-state index is 0.538. The van der Waals surface area contributed by atoms with Crippen molar-refractivity contribution in [1.29, 1.82) is 0 Å². The Kier molecular flexibility index (Phi) is 7.53. The van der Waals surface area contributed by atoms with Crippen molar-refractivity contribution in [3.63, 3.8) is 0 Å². The third-order valence-corrected chi connectivity index (χ3v) is 5.17. The van der Waals surface area contributed by atoms with E-state index >= 15 is 0 Å². The number of thiocarbonyl (C=S) groups is 1. The summed E-state index contributed by atoms with van der Waals surface area (Å²) in [5, 5.41) is 12.7. The number of ether oxygens (including phenoxy) is 1. The van der Waals surface area contributed by atoms with Crippen LogP contribution in [-0.2, 0) is 11.3 Å². The number of quaternary nitrogens is 1. The molecule has 7 nitrogen and oxygen atoms in total. The lowest BCUT2D eigenvalue weighted by Gasteiger charge is -2.23. The van der Waals surface area contributed by atoms with Gasteiger partial charge in [0.15, 0.2) is 5.11 Å². The molecule has 1 aromatic heterocycles. The lowest BCUT2D eigenvalue weighted by Crippen LogP contribution is -3.14. The van der Waals surface area contributed by atoms with E-state index in [2.05, 4.69) is 40.0 Å². The number of hydrogen-bond donors (Lipinski definition) is 3. The summed E-state index contributed by atoms with van der Waals surface area (Å²) in [7, 11) is 0. The van der Waals surface area contributed by atoms with E-state index in [0.29, 0.717) is 5.11 Å². The molecule has 0 amide bonds. The molecule has 1 fully saturated rings. The van der Waals surface area contributed by atoms with Crippen LogP contribution in [0.15, 0.2) is 35.4 Å². The van der Waals surface area contributed by atoms with E-state index in [1.54, 1.807) is 11.1 Å². The van der Waals surface area contributed by atoms with Crippen LogP contribution < -0.4 is 15.6 Å². The first kappa shape index (κ1) is 20.4. The average molecular weight is 402 g/mol. The van der Waals surface area contributed by atoms with Gasteiger partial charge in [0, 0.05) is 11.3 Å². The topological polar surface area (TPSA) is 67.9 Å². The highest BCUT2D eigenvalue weighted by molar-refractivity contribution is 7.80. The highest BCUT2D eigenvalue weighted by Gasteiger charge is 2.13. The SMILES string of the molecule is Cc1nn(Cc2ccccc2)c(C)c1/C=N\NC(=S)NCC[NH+]1CCOCC1. The van der Waals surface area contributed by atoms with Crippen LogP contribution in [0, 0.1) is 13.8 Å². The van der Waals surface area contributed by atoms with Crippen molar-refractivity contribution < 1.29 is 9.64 Å². The molecule has 1 saturated heterocycles. The molecule has 28 heavy (non-hydrogen) atoms. The van der Waals surface area contributed by atoms with Crippen LogP contribution in [0.25, 0.3) is 0 Å². The maximum atomic E-state index is 5.37. The van der Waals surface area contributed by atoms with Crippen LogP contribution in [-0.4, -0.2) is 60.5 Å². The van der Waals surface area contributed by atoms with Gasteiger partial charge in [0.1, 0.15) is 13.1 Å². The van der Waals surface area contributed by atoms with Crippen LogP contribution in [0.5, 0.6) is 0 Å². The summed E-state index contributed by atoms with van der Waals surface area (Å²) in [6.45, 7) is 10.5. The first-order chi connectivity index (χ1) is 13.6. The molecule has 2 aromatic rings. The molecule has 0 bridgehead atoms. The molecule has 0 saturated carbocycles. The summed E-state index contributed by atoms with van der Waals surface area (Å²) in [5.74, 6) is 0. The molecule has 150 valence electrons. The molecule has 0 atom stereocenters. The van der Waals surface area contributed by atoms with Gasteiger partial charge in [0.05, 0.1) is 44.8 Å². The molecule has 0 spiro atoms. The van der Waals surface area contributed by atoms with Gasteiger partial charge in [-0.3, -0.25) is 10.1 Å². The van der Waals surface area contributed by atoms with E-state index < -0.39 is 0 Å². The van der Waals surface area contributed by atoms with Gasteiger partial charge in [-0.05, 0) is 31.6 Å².